The Kier molecular flexibility index (Phi) is 3.51. The van der Waals surface area contributed by atoms with Gasteiger partial charge in [0.15, 0.2) is 0 Å². The lowest BCUT2D eigenvalue weighted by molar-refractivity contribution is 0.408. The molecule has 0 amide bonds. The maximum atomic E-state index is 9.31. The molecule has 0 aliphatic rings. The van der Waals surface area contributed by atoms with Gasteiger partial charge in [-0.25, -0.2) is 0 Å². The molecule has 0 spiro atoms. The molecule has 0 unspecified atom stereocenters. The van der Waals surface area contributed by atoms with Gasteiger partial charge in [-0.3, -0.25) is 0 Å². The third kappa shape index (κ3) is 3.12. The molecule has 3 N–H and O–H groups in total. The van der Waals surface area contributed by atoms with Crippen LogP contribution in [0.15, 0.2) is 46.6 Å². The molecule has 6 nitrogen and oxygen atoms in total. The highest BCUT2D eigenvalue weighted by Gasteiger charge is 2.03. The first-order valence-electron chi connectivity index (χ1n) is 5.40. The number of ether oxygens (including phenoxy) is 1. The van der Waals surface area contributed by atoms with Gasteiger partial charge in [-0.05, 0) is 12.1 Å². The highest BCUT2D eigenvalue weighted by molar-refractivity contribution is 5.55. The molecule has 0 atom stereocenters. The van der Waals surface area contributed by atoms with E-state index in [2.05, 4.69) is 10.2 Å². The number of methoxy groups -OCH3 is 1. The van der Waals surface area contributed by atoms with E-state index in [-0.39, 0.29) is 17.2 Å². The van der Waals surface area contributed by atoms with Crippen LogP contribution in [0.5, 0.6) is 23.0 Å². The summed E-state index contributed by atoms with van der Waals surface area (Å²) in [6, 6.07) is 8.32. The smallest absolute Gasteiger partial charge is 0.150 e. The SMILES string of the molecule is COc1cc(O)ccc1N=Nc1cc(O)cc(O)c1. The third-order valence-electron chi connectivity index (χ3n) is 2.32. The largest absolute Gasteiger partial charge is 0.508 e. The van der Waals surface area contributed by atoms with Crippen molar-refractivity contribution in [3.8, 4) is 23.0 Å². The van der Waals surface area contributed by atoms with Crippen LogP contribution in [-0.2, 0) is 0 Å². The lowest BCUT2D eigenvalue weighted by Crippen LogP contribution is -1.82. The van der Waals surface area contributed by atoms with Crippen LogP contribution in [0.2, 0.25) is 0 Å². The molecule has 0 saturated carbocycles. The van der Waals surface area contributed by atoms with Gasteiger partial charge in [-0.2, -0.15) is 5.11 Å². The summed E-state index contributed by atoms with van der Waals surface area (Å²) in [4.78, 5) is 0. The van der Waals surface area contributed by atoms with E-state index >= 15 is 0 Å². The fraction of sp³-hybridized carbons (Fsp3) is 0.0769. The average Bonchev–Trinajstić information content (AvgIpc) is 2.36. The zero-order chi connectivity index (χ0) is 13.8. The predicted molar refractivity (Wildman–Crippen MR) is 68.6 cm³/mol. The second kappa shape index (κ2) is 5.26. The molecule has 0 fully saturated rings. The highest BCUT2D eigenvalue weighted by atomic mass is 16.5. The van der Waals surface area contributed by atoms with Gasteiger partial charge < -0.3 is 20.1 Å². The number of phenols is 3. The van der Waals surface area contributed by atoms with Gasteiger partial charge >= 0.3 is 0 Å². The van der Waals surface area contributed by atoms with E-state index < -0.39 is 0 Å². The molecule has 0 saturated heterocycles. The summed E-state index contributed by atoms with van der Waals surface area (Å²) in [6.45, 7) is 0. The second-order valence-corrected chi connectivity index (χ2v) is 3.76. The molecule has 19 heavy (non-hydrogen) atoms. The van der Waals surface area contributed by atoms with Crippen molar-refractivity contribution in [3.63, 3.8) is 0 Å². The van der Waals surface area contributed by atoms with Gasteiger partial charge in [0.1, 0.15) is 28.7 Å². The number of nitrogens with zero attached hydrogens (tertiary/aromatic N) is 2. The Labute approximate surface area is 109 Å². The predicted octanol–water partition coefficient (Wildman–Crippen LogP) is 3.23. The van der Waals surface area contributed by atoms with Crippen molar-refractivity contribution in [1.82, 2.24) is 0 Å². The minimum Gasteiger partial charge on any atom is -0.508 e. The summed E-state index contributed by atoms with van der Waals surface area (Å²) in [5.74, 6) is 0.220. The topological polar surface area (TPSA) is 94.6 Å². The lowest BCUT2D eigenvalue weighted by atomic mass is 10.3. The van der Waals surface area contributed by atoms with Crippen LogP contribution in [0.4, 0.5) is 11.4 Å². The number of aromatic hydroxyl groups is 3. The molecule has 98 valence electrons. The van der Waals surface area contributed by atoms with Crippen LogP contribution >= 0.6 is 0 Å². The van der Waals surface area contributed by atoms with E-state index in [1.54, 1.807) is 6.07 Å². The first-order chi connectivity index (χ1) is 9.08. The van der Waals surface area contributed by atoms with Crippen molar-refractivity contribution in [1.29, 1.82) is 0 Å². The van der Waals surface area contributed by atoms with Crippen molar-refractivity contribution in [2.24, 2.45) is 10.2 Å². The standard InChI is InChI=1S/C13H12N2O4/c1-19-13-7-9(16)2-3-12(13)15-14-8-4-10(17)6-11(18)5-8/h2-7,16-18H,1H3. The molecule has 0 heterocycles. The molecular weight excluding hydrogens is 248 g/mol. The van der Waals surface area contributed by atoms with Gasteiger partial charge in [-0.15, -0.1) is 5.11 Å². The van der Waals surface area contributed by atoms with Crippen LogP contribution in [0.3, 0.4) is 0 Å². The van der Waals surface area contributed by atoms with Crippen LogP contribution in [0.1, 0.15) is 0 Å². The number of phenolic OH excluding ortho intramolecular Hbond substituents is 3. The molecule has 0 radical (unpaired) electrons. The van der Waals surface area contributed by atoms with E-state index in [0.717, 1.165) is 0 Å². The number of hydrogen-bond donors (Lipinski definition) is 3. The Morgan fingerprint density at radius 1 is 0.842 bits per heavy atom. The highest BCUT2D eigenvalue weighted by Crippen LogP contribution is 2.33. The van der Waals surface area contributed by atoms with Crippen LogP contribution in [0.25, 0.3) is 0 Å². The van der Waals surface area contributed by atoms with Crippen molar-refractivity contribution in [2.45, 2.75) is 0 Å². The van der Waals surface area contributed by atoms with Crippen LogP contribution in [0, 0.1) is 0 Å². The number of hydrogen-bond acceptors (Lipinski definition) is 6. The summed E-state index contributed by atoms with van der Waals surface area (Å²) >= 11 is 0. The minimum atomic E-state index is -0.105. The van der Waals surface area contributed by atoms with Gasteiger partial charge in [-0.1, -0.05) is 0 Å². The summed E-state index contributed by atoms with van der Waals surface area (Å²) in [7, 11) is 1.45. The number of benzene rings is 2. The molecule has 6 heteroatoms. The van der Waals surface area contributed by atoms with Crippen LogP contribution in [-0.4, -0.2) is 22.4 Å². The third-order valence-corrected chi connectivity index (χ3v) is 2.32. The Morgan fingerprint density at radius 3 is 2.16 bits per heavy atom. The zero-order valence-corrected chi connectivity index (χ0v) is 10.1. The molecule has 0 aliphatic carbocycles. The van der Waals surface area contributed by atoms with E-state index in [1.807, 2.05) is 0 Å². The summed E-state index contributed by atoms with van der Waals surface area (Å²) < 4.78 is 5.05. The zero-order valence-electron chi connectivity index (χ0n) is 10.1. The van der Waals surface area contributed by atoms with Gasteiger partial charge in [0.2, 0.25) is 0 Å². The average molecular weight is 260 g/mol. The minimum absolute atomic E-state index is 0.0609. The number of azo groups is 1. The fourth-order valence-corrected chi connectivity index (χ4v) is 1.50. The van der Waals surface area contributed by atoms with Crippen molar-refractivity contribution >= 4 is 11.4 Å². The summed E-state index contributed by atoms with van der Waals surface area (Å²) in [5, 5.41) is 35.7. The second-order valence-electron chi connectivity index (χ2n) is 3.76. The maximum absolute atomic E-state index is 9.31. The van der Waals surface area contributed by atoms with Crippen molar-refractivity contribution in [2.75, 3.05) is 7.11 Å². The Morgan fingerprint density at radius 2 is 1.53 bits per heavy atom. The molecule has 2 aromatic rings. The Balaban J connectivity index is 2.32. The van der Waals surface area contributed by atoms with Gasteiger partial charge in [0.05, 0.1) is 12.8 Å². The Bertz CT molecular complexity index is 606. The van der Waals surface area contributed by atoms with E-state index in [1.165, 1.54) is 37.4 Å². The first-order valence-corrected chi connectivity index (χ1v) is 5.40. The lowest BCUT2D eigenvalue weighted by Gasteiger charge is -2.03. The molecule has 0 aliphatic heterocycles. The molecule has 0 aromatic heterocycles. The van der Waals surface area contributed by atoms with Crippen molar-refractivity contribution in [3.05, 3.63) is 36.4 Å². The quantitative estimate of drug-likeness (QED) is 0.738. The van der Waals surface area contributed by atoms with E-state index in [9.17, 15) is 15.3 Å². The molecule has 2 aromatic carbocycles. The van der Waals surface area contributed by atoms with Gasteiger partial charge in [0.25, 0.3) is 0 Å². The maximum Gasteiger partial charge on any atom is 0.150 e. The fourth-order valence-electron chi connectivity index (χ4n) is 1.50. The van der Waals surface area contributed by atoms with E-state index in [0.29, 0.717) is 17.1 Å². The van der Waals surface area contributed by atoms with Crippen molar-refractivity contribution < 1.29 is 20.1 Å². The monoisotopic (exact) mass is 260 g/mol. The Hall–Kier alpha value is -2.76. The van der Waals surface area contributed by atoms with E-state index in [4.69, 9.17) is 4.74 Å². The normalized spacial score (nSPS) is 10.8. The number of rotatable bonds is 3. The molecule has 2 rings (SSSR count). The van der Waals surface area contributed by atoms with Crippen LogP contribution < -0.4 is 4.74 Å². The first kappa shape index (κ1) is 12.7. The summed E-state index contributed by atoms with van der Waals surface area (Å²) in [6.07, 6.45) is 0. The molecular formula is C13H12N2O4. The summed E-state index contributed by atoms with van der Waals surface area (Å²) in [5.41, 5.74) is 0.718. The van der Waals surface area contributed by atoms with Gasteiger partial charge in [0, 0.05) is 24.3 Å². The molecule has 0 bridgehead atoms.